The SMILES string of the molecule is N[C@@H](CO)C(=O)N1C[C@@H]2C[C@H](C1)[C@@H]1CCC[C@H](Cc3ccccc3)N1C2. The maximum Gasteiger partial charge on any atom is 0.241 e. The second-order valence-corrected chi connectivity index (χ2v) is 8.43. The molecule has 3 heterocycles. The Morgan fingerprint density at radius 2 is 2.00 bits per heavy atom. The molecule has 2 bridgehead atoms. The molecule has 1 aromatic rings. The maximum absolute atomic E-state index is 12.5. The number of aliphatic hydroxyl groups is 1. The van der Waals surface area contributed by atoms with E-state index in [2.05, 4.69) is 35.2 Å². The minimum absolute atomic E-state index is 0.0766. The summed E-state index contributed by atoms with van der Waals surface area (Å²) in [6, 6.07) is 11.3. The Kier molecular flexibility index (Phi) is 5.30. The number of aliphatic hydroxyl groups excluding tert-OH is 1. The van der Waals surface area contributed by atoms with Crippen molar-refractivity contribution in [3.63, 3.8) is 0 Å². The molecule has 0 saturated carbocycles. The van der Waals surface area contributed by atoms with Crippen LogP contribution < -0.4 is 5.73 Å². The maximum atomic E-state index is 12.5. The Hall–Kier alpha value is -1.43. The van der Waals surface area contributed by atoms with Crippen molar-refractivity contribution in [1.29, 1.82) is 0 Å². The number of amides is 1. The summed E-state index contributed by atoms with van der Waals surface area (Å²) in [5.41, 5.74) is 7.22. The van der Waals surface area contributed by atoms with E-state index in [0.717, 1.165) is 26.1 Å². The predicted molar refractivity (Wildman–Crippen MR) is 102 cm³/mol. The number of hydrogen-bond donors (Lipinski definition) is 2. The van der Waals surface area contributed by atoms with Crippen LogP contribution in [0.3, 0.4) is 0 Å². The molecule has 0 radical (unpaired) electrons. The molecule has 0 aliphatic carbocycles. The van der Waals surface area contributed by atoms with Gasteiger partial charge in [0.25, 0.3) is 0 Å². The molecule has 5 nitrogen and oxygen atoms in total. The van der Waals surface area contributed by atoms with Crippen LogP contribution in [0.4, 0.5) is 0 Å². The predicted octanol–water partition coefficient (Wildman–Crippen LogP) is 1.25. The summed E-state index contributed by atoms with van der Waals surface area (Å²) < 4.78 is 0. The molecular weight excluding hydrogens is 326 g/mol. The largest absolute Gasteiger partial charge is 0.394 e. The lowest BCUT2D eigenvalue weighted by atomic mass is 9.74. The molecule has 142 valence electrons. The third-order valence-corrected chi connectivity index (χ3v) is 6.65. The van der Waals surface area contributed by atoms with E-state index < -0.39 is 6.04 Å². The molecular formula is C21H31N3O2. The highest BCUT2D eigenvalue weighted by Gasteiger charge is 2.45. The molecule has 0 aromatic heterocycles. The summed E-state index contributed by atoms with van der Waals surface area (Å²) in [5.74, 6) is 1.01. The van der Waals surface area contributed by atoms with Gasteiger partial charge in [-0.15, -0.1) is 0 Å². The zero-order chi connectivity index (χ0) is 18.1. The number of rotatable bonds is 4. The molecule has 3 aliphatic rings. The van der Waals surface area contributed by atoms with Crippen molar-refractivity contribution in [2.24, 2.45) is 17.6 Å². The van der Waals surface area contributed by atoms with Crippen molar-refractivity contribution in [1.82, 2.24) is 9.80 Å². The normalized spacial score (nSPS) is 32.8. The topological polar surface area (TPSA) is 69.8 Å². The van der Waals surface area contributed by atoms with E-state index >= 15 is 0 Å². The number of nitrogens with two attached hydrogens (primary N) is 1. The van der Waals surface area contributed by atoms with Crippen LogP contribution in [0.1, 0.15) is 31.2 Å². The Labute approximate surface area is 156 Å². The Morgan fingerprint density at radius 3 is 2.77 bits per heavy atom. The third-order valence-electron chi connectivity index (χ3n) is 6.65. The zero-order valence-corrected chi connectivity index (χ0v) is 15.5. The molecule has 5 heteroatoms. The number of likely N-dealkylation sites (tertiary alicyclic amines) is 1. The fraction of sp³-hybridized carbons (Fsp3) is 0.667. The molecule has 0 spiro atoms. The third kappa shape index (κ3) is 3.53. The van der Waals surface area contributed by atoms with Crippen LogP contribution >= 0.6 is 0 Å². The molecule has 3 aliphatic heterocycles. The number of benzene rings is 1. The van der Waals surface area contributed by atoms with Gasteiger partial charge in [0.05, 0.1) is 6.61 Å². The molecule has 5 atom stereocenters. The van der Waals surface area contributed by atoms with Crippen LogP contribution in [-0.4, -0.2) is 65.2 Å². The van der Waals surface area contributed by atoms with E-state index in [4.69, 9.17) is 5.73 Å². The van der Waals surface area contributed by atoms with E-state index in [9.17, 15) is 9.90 Å². The van der Waals surface area contributed by atoms with E-state index in [-0.39, 0.29) is 12.5 Å². The monoisotopic (exact) mass is 357 g/mol. The summed E-state index contributed by atoms with van der Waals surface area (Å²) in [6.45, 7) is 2.43. The van der Waals surface area contributed by atoms with Gasteiger partial charge in [-0.1, -0.05) is 36.8 Å². The van der Waals surface area contributed by atoms with Gasteiger partial charge in [0.2, 0.25) is 5.91 Å². The van der Waals surface area contributed by atoms with Gasteiger partial charge in [-0.2, -0.15) is 0 Å². The summed E-state index contributed by atoms with van der Waals surface area (Å²) in [7, 11) is 0. The number of hydrogen-bond acceptors (Lipinski definition) is 4. The van der Waals surface area contributed by atoms with Crippen molar-refractivity contribution >= 4 is 5.91 Å². The number of carbonyl (C=O) groups excluding carboxylic acids is 1. The lowest BCUT2D eigenvalue weighted by Gasteiger charge is -2.55. The van der Waals surface area contributed by atoms with E-state index in [1.807, 2.05) is 4.90 Å². The number of fused-ring (bicyclic) bond motifs is 4. The number of nitrogens with zero attached hydrogens (tertiary/aromatic N) is 2. The highest BCUT2D eigenvalue weighted by atomic mass is 16.3. The zero-order valence-electron chi connectivity index (χ0n) is 15.5. The first-order valence-corrected chi connectivity index (χ1v) is 10.1. The molecule has 4 rings (SSSR count). The van der Waals surface area contributed by atoms with Crippen molar-refractivity contribution in [2.45, 2.75) is 50.2 Å². The summed E-state index contributed by atoms with van der Waals surface area (Å²) >= 11 is 0. The molecule has 1 amide bonds. The van der Waals surface area contributed by atoms with Gasteiger partial charge in [-0.3, -0.25) is 9.69 Å². The highest BCUT2D eigenvalue weighted by Crippen LogP contribution is 2.40. The lowest BCUT2D eigenvalue weighted by molar-refractivity contribution is -0.141. The van der Waals surface area contributed by atoms with Crippen molar-refractivity contribution in [2.75, 3.05) is 26.2 Å². The van der Waals surface area contributed by atoms with Crippen LogP contribution in [0.25, 0.3) is 0 Å². The van der Waals surface area contributed by atoms with E-state index in [1.54, 1.807) is 0 Å². The first-order chi connectivity index (χ1) is 12.7. The van der Waals surface area contributed by atoms with Crippen molar-refractivity contribution in [3.8, 4) is 0 Å². The first-order valence-electron chi connectivity index (χ1n) is 10.1. The van der Waals surface area contributed by atoms with Gasteiger partial charge in [-0.05, 0) is 43.1 Å². The van der Waals surface area contributed by atoms with Gasteiger partial charge in [-0.25, -0.2) is 0 Å². The highest BCUT2D eigenvalue weighted by molar-refractivity contribution is 5.81. The average molecular weight is 357 g/mol. The Morgan fingerprint density at radius 1 is 1.19 bits per heavy atom. The van der Waals surface area contributed by atoms with Gasteiger partial charge < -0.3 is 15.7 Å². The van der Waals surface area contributed by atoms with Gasteiger partial charge in [0, 0.05) is 31.7 Å². The van der Waals surface area contributed by atoms with Crippen molar-refractivity contribution < 1.29 is 9.90 Å². The smallest absolute Gasteiger partial charge is 0.241 e. The summed E-state index contributed by atoms with van der Waals surface area (Å²) in [4.78, 5) is 17.1. The van der Waals surface area contributed by atoms with Gasteiger partial charge in [0.15, 0.2) is 0 Å². The first kappa shape index (κ1) is 18.0. The fourth-order valence-electron chi connectivity index (χ4n) is 5.51. The van der Waals surface area contributed by atoms with Crippen LogP contribution in [0.5, 0.6) is 0 Å². The molecule has 26 heavy (non-hydrogen) atoms. The quantitative estimate of drug-likeness (QED) is 0.851. The molecule has 3 N–H and O–H groups in total. The van der Waals surface area contributed by atoms with Crippen LogP contribution in [0.15, 0.2) is 30.3 Å². The average Bonchev–Trinajstić information content (AvgIpc) is 2.68. The molecule has 3 saturated heterocycles. The molecule has 3 fully saturated rings. The second-order valence-electron chi connectivity index (χ2n) is 8.43. The second kappa shape index (κ2) is 7.67. The molecule has 1 aromatic carbocycles. The Bertz CT molecular complexity index is 623. The fourth-order valence-corrected chi connectivity index (χ4v) is 5.51. The standard InChI is InChI=1S/C21H31N3O2/c22-19(14-25)21(26)23-11-16-9-17(13-23)20-8-4-7-18(24(20)12-16)10-15-5-2-1-3-6-15/h1-3,5-6,16-20,25H,4,7-14,22H2/t16-,17+,18+,19-,20-/m0/s1. The van der Waals surface area contributed by atoms with Gasteiger partial charge in [0.1, 0.15) is 6.04 Å². The minimum atomic E-state index is -0.762. The lowest BCUT2D eigenvalue weighted by Crippen LogP contribution is -2.63. The van der Waals surface area contributed by atoms with E-state index in [1.165, 1.54) is 31.2 Å². The van der Waals surface area contributed by atoms with Crippen LogP contribution in [0, 0.1) is 11.8 Å². The Balaban J connectivity index is 1.46. The van der Waals surface area contributed by atoms with Crippen LogP contribution in [-0.2, 0) is 11.2 Å². The van der Waals surface area contributed by atoms with Gasteiger partial charge >= 0.3 is 0 Å². The van der Waals surface area contributed by atoms with E-state index in [0.29, 0.717) is 23.9 Å². The van der Waals surface area contributed by atoms with Crippen molar-refractivity contribution in [3.05, 3.63) is 35.9 Å². The number of piperidine rings is 3. The summed E-state index contributed by atoms with van der Waals surface area (Å²) in [5, 5.41) is 9.22. The minimum Gasteiger partial charge on any atom is -0.394 e. The molecule has 0 unspecified atom stereocenters. The van der Waals surface area contributed by atoms with Crippen LogP contribution in [0.2, 0.25) is 0 Å². The summed E-state index contributed by atoms with van der Waals surface area (Å²) in [6.07, 6.45) is 6.18. The number of carbonyl (C=O) groups is 1.